The van der Waals surface area contributed by atoms with E-state index in [0.29, 0.717) is 11.8 Å². The Morgan fingerprint density at radius 1 is 1.41 bits per heavy atom. The van der Waals surface area contributed by atoms with Crippen LogP contribution in [0.5, 0.6) is 0 Å². The average molecular weight is 230 g/mol. The minimum absolute atomic E-state index is 0.0752. The van der Waals surface area contributed by atoms with Crippen LogP contribution in [-0.2, 0) is 0 Å². The predicted octanol–water partition coefficient (Wildman–Crippen LogP) is 5.15. The van der Waals surface area contributed by atoms with Crippen molar-refractivity contribution in [3.05, 3.63) is 42.2 Å². The Morgan fingerprint density at radius 3 is 2.12 bits per heavy atom. The Hall–Kier alpha value is -1.00. The van der Waals surface area contributed by atoms with Gasteiger partial charge in [-0.1, -0.05) is 58.9 Å². The predicted molar refractivity (Wildman–Crippen MR) is 76.8 cm³/mol. The maximum atomic E-state index is 3.98. The third-order valence-corrected chi connectivity index (χ3v) is 4.22. The molecule has 0 saturated heterocycles. The Morgan fingerprint density at radius 2 is 1.88 bits per heavy atom. The number of hydrogen-bond acceptors (Lipinski definition) is 0. The molecular weight excluding hydrogens is 204 g/mol. The van der Waals surface area contributed by atoms with Gasteiger partial charge in [0.1, 0.15) is 0 Å². The van der Waals surface area contributed by atoms with Gasteiger partial charge in [0.15, 0.2) is 0 Å². The largest absolute Gasteiger partial charge is 0.128 e. The van der Waals surface area contributed by atoms with Crippen LogP contribution in [0.1, 0.15) is 41.5 Å². The van der Waals surface area contributed by atoms with Crippen LogP contribution < -0.4 is 0 Å². The molecule has 3 atom stereocenters. The van der Waals surface area contributed by atoms with E-state index in [9.17, 15) is 0 Å². The third kappa shape index (κ3) is 2.33. The van der Waals surface area contributed by atoms with Crippen LogP contribution in [0.4, 0.5) is 0 Å². The minimum atomic E-state index is 0.0752. The second kappa shape index (κ2) is 4.35. The van der Waals surface area contributed by atoms with Gasteiger partial charge < -0.3 is 0 Å². The molecule has 0 aromatic rings. The van der Waals surface area contributed by atoms with E-state index in [1.807, 2.05) is 0 Å². The number of hydrogen-bond donors (Lipinski definition) is 0. The van der Waals surface area contributed by atoms with E-state index in [1.165, 1.54) is 11.1 Å². The van der Waals surface area contributed by atoms with Crippen LogP contribution in [0.2, 0.25) is 0 Å². The zero-order chi connectivity index (χ0) is 13.4. The van der Waals surface area contributed by atoms with Gasteiger partial charge >= 0.3 is 0 Å². The van der Waals surface area contributed by atoms with Gasteiger partial charge in [-0.05, 0) is 23.8 Å². The van der Waals surface area contributed by atoms with Crippen LogP contribution in [-0.4, -0.2) is 0 Å². The lowest BCUT2D eigenvalue weighted by Crippen LogP contribution is -2.35. The van der Waals surface area contributed by atoms with Crippen molar-refractivity contribution in [2.75, 3.05) is 0 Å². The van der Waals surface area contributed by atoms with Crippen molar-refractivity contribution in [3.63, 3.8) is 0 Å². The molecule has 0 saturated carbocycles. The number of rotatable bonds is 4. The first-order valence-electron chi connectivity index (χ1n) is 6.41. The highest BCUT2D eigenvalue weighted by atomic mass is 14.5. The maximum Gasteiger partial charge on any atom is 0.0124 e. The molecule has 0 heterocycles. The second-order valence-electron chi connectivity index (χ2n) is 6.50. The fraction of sp³-hybridized carbons (Fsp3) is 0.588. The standard InChI is InChI=1S/C17H26/c1-9-13(4)17(8,14-11-12(14)3)15(10-2)16(5,6)7/h9,11,13-14H,1-2H2,3-8H3. The first-order valence-corrected chi connectivity index (χ1v) is 6.41. The molecule has 0 aliphatic heterocycles. The summed E-state index contributed by atoms with van der Waals surface area (Å²) >= 11 is 0. The molecule has 0 spiro atoms. The third-order valence-electron chi connectivity index (χ3n) is 4.22. The summed E-state index contributed by atoms with van der Waals surface area (Å²) < 4.78 is 0. The van der Waals surface area contributed by atoms with Crippen LogP contribution in [0.3, 0.4) is 0 Å². The summed E-state index contributed by atoms with van der Waals surface area (Å²) in [5.74, 6) is 0.976. The molecule has 0 N–H and O–H groups in total. The van der Waals surface area contributed by atoms with Crippen LogP contribution in [0.15, 0.2) is 42.2 Å². The highest BCUT2D eigenvalue weighted by Crippen LogP contribution is 2.56. The summed E-state index contributed by atoms with van der Waals surface area (Å²) in [6.07, 6.45) is 4.41. The van der Waals surface area contributed by atoms with Crippen molar-refractivity contribution >= 4 is 0 Å². The van der Waals surface area contributed by atoms with Gasteiger partial charge in [-0.25, -0.2) is 0 Å². The zero-order valence-electron chi connectivity index (χ0n) is 12.2. The Labute approximate surface area is 107 Å². The molecule has 1 aliphatic rings. The van der Waals surface area contributed by atoms with Crippen molar-refractivity contribution in [2.24, 2.45) is 22.7 Å². The van der Waals surface area contributed by atoms with Crippen LogP contribution >= 0.6 is 0 Å². The van der Waals surface area contributed by atoms with E-state index in [0.717, 1.165) is 0 Å². The lowest BCUT2D eigenvalue weighted by atomic mass is 9.60. The highest BCUT2D eigenvalue weighted by Gasteiger charge is 2.48. The van der Waals surface area contributed by atoms with Gasteiger partial charge in [0, 0.05) is 11.3 Å². The topological polar surface area (TPSA) is 0 Å². The first-order chi connectivity index (χ1) is 7.69. The van der Waals surface area contributed by atoms with Crippen molar-refractivity contribution in [1.29, 1.82) is 0 Å². The minimum Gasteiger partial charge on any atom is -0.128 e. The molecule has 1 rings (SSSR count). The van der Waals surface area contributed by atoms with Gasteiger partial charge in [0.2, 0.25) is 0 Å². The zero-order valence-corrected chi connectivity index (χ0v) is 12.2. The van der Waals surface area contributed by atoms with Crippen molar-refractivity contribution in [1.82, 2.24) is 0 Å². The van der Waals surface area contributed by atoms with Gasteiger partial charge in [0.25, 0.3) is 0 Å². The molecule has 94 valence electrons. The Kier molecular flexibility index (Phi) is 3.60. The van der Waals surface area contributed by atoms with Gasteiger partial charge in [-0.15, -0.1) is 12.3 Å². The molecule has 0 aromatic heterocycles. The van der Waals surface area contributed by atoms with Gasteiger partial charge in [0.05, 0.1) is 0 Å². The Bertz CT molecular complexity index is 396. The molecule has 0 nitrogen and oxygen atoms in total. The number of allylic oxidation sites excluding steroid dienone is 4. The molecule has 0 radical (unpaired) electrons. The molecule has 0 bridgehead atoms. The smallest absolute Gasteiger partial charge is 0.0124 e. The fourth-order valence-electron chi connectivity index (χ4n) is 3.04. The van der Waals surface area contributed by atoms with Crippen molar-refractivity contribution in [2.45, 2.75) is 41.5 Å². The molecule has 3 unspecified atom stereocenters. The molecule has 0 amide bonds. The Balaban J connectivity index is 3.25. The van der Waals surface area contributed by atoms with Crippen molar-refractivity contribution in [3.8, 4) is 0 Å². The highest BCUT2D eigenvalue weighted by molar-refractivity contribution is 5.39. The van der Waals surface area contributed by atoms with Crippen LogP contribution in [0.25, 0.3) is 0 Å². The quantitative estimate of drug-likeness (QED) is 0.463. The van der Waals surface area contributed by atoms with Gasteiger partial charge in [-0.3, -0.25) is 0 Å². The van der Waals surface area contributed by atoms with E-state index in [2.05, 4.69) is 72.6 Å². The molecular formula is C17H26. The summed E-state index contributed by atoms with van der Waals surface area (Å²) in [7, 11) is 0. The van der Waals surface area contributed by atoms with E-state index in [4.69, 9.17) is 0 Å². The lowest BCUT2D eigenvalue weighted by Gasteiger charge is -2.42. The van der Waals surface area contributed by atoms with Crippen LogP contribution in [0, 0.1) is 22.7 Å². The fourth-order valence-corrected chi connectivity index (χ4v) is 3.04. The van der Waals surface area contributed by atoms with E-state index < -0.39 is 0 Å². The first kappa shape index (κ1) is 14.1. The lowest BCUT2D eigenvalue weighted by molar-refractivity contribution is 0.221. The van der Waals surface area contributed by atoms with Crippen molar-refractivity contribution < 1.29 is 0 Å². The summed E-state index contributed by atoms with van der Waals surface area (Å²) in [4.78, 5) is 0. The molecule has 0 aromatic carbocycles. The SMILES string of the molecule is C=C=C(C(C)(C)C)C(C)(C(C)C=C)C1C=C1C. The monoisotopic (exact) mass is 230 g/mol. The van der Waals surface area contributed by atoms with E-state index in [1.54, 1.807) is 0 Å². The average Bonchev–Trinajstić information content (AvgIpc) is 2.93. The molecule has 17 heavy (non-hydrogen) atoms. The summed E-state index contributed by atoms with van der Waals surface area (Å²) in [5.41, 5.74) is 6.20. The molecule has 0 fully saturated rings. The normalized spacial score (nSPS) is 24.1. The summed E-state index contributed by atoms with van der Waals surface area (Å²) in [6.45, 7) is 21.4. The van der Waals surface area contributed by atoms with Gasteiger partial charge in [-0.2, -0.15) is 0 Å². The van der Waals surface area contributed by atoms with E-state index in [-0.39, 0.29) is 10.8 Å². The van der Waals surface area contributed by atoms with E-state index >= 15 is 0 Å². The molecule has 1 aliphatic carbocycles. The summed E-state index contributed by atoms with van der Waals surface area (Å²) in [5, 5.41) is 0. The molecule has 0 heteroatoms. The maximum absolute atomic E-state index is 3.98. The summed E-state index contributed by atoms with van der Waals surface area (Å²) in [6, 6.07) is 0. The second-order valence-corrected chi connectivity index (χ2v) is 6.50.